The summed E-state index contributed by atoms with van der Waals surface area (Å²) in [4.78, 5) is 13.0. The predicted molar refractivity (Wildman–Crippen MR) is 67.4 cm³/mol. The molecule has 0 aromatic carbocycles. The zero-order valence-corrected chi connectivity index (χ0v) is 11.4. The monoisotopic (exact) mass is 250 g/mol. The summed E-state index contributed by atoms with van der Waals surface area (Å²) in [6.07, 6.45) is 0. The van der Waals surface area contributed by atoms with Crippen LogP contribution < -0.4 is 4.90 Å². The molecule has 1 aromatic rings. The first-order valence-corrected chi connectivity index (χ1v) is 5.72. The van der Waals surface area contributed by atoms with Crippen LogP contribution in [0.5, 0.6) is 0 Å². The van der Waals surface area contributed by atoms with Crippen molar-refractivity contribution in [1.29, 1.82) is 5.26 Å². The first-order chi connectivity index (χ1) is 8.27. The molecule has 0 spiro atoms. The Morgan fingerprint density at radius 3 is 2.56 bits per heavy atom. The van der Waals surface area contributed by atoms with Gasteiger partial charge in [-0.3, -0.25) is 4.68 Å². The van der Waals surface area contributed by atoms with Gasteiger partial charge in [0.1, 0.15) is 23.0 Å². The van der Waals surface area contributed by atoms with Gasteiger partial charge in [0, 0.05) is 13.6 Å². The van der Waals surface area contributed by atoms with Crippen LogP contribution in [-0.4, -0.2) is 32.9 Å². The smallest absolute Gasteiger partial charge is 0.328 e. The van der Waals surface area contributed by atoms with E-state index in [-0.39, 0.29) is 0 Å². The van der Waals surface area contributed by atoms with Crippen LogP contribution in [0.15, 0.2) is 0 Å². The molecule has 0 fully saturated rings. The molecule has 1 rings (SSSR count). The maximum atomic E-state index is 11.4. The second-order valence-electron chi connectivity index (χ2n) is 4.63. The summed E-state index contributed by atoms with van der Waals surface area (Å²) in [7, 11) is 1.71. The van der Waals surface area contributed by atoms with Crippen LogP contribution in [0, 0.1) is 18.3 Å². The molecular formula is C12H18N4O2. The summed E-state index contributed by atoms with van der Waals surface area (Å²) in [5.74, 6) is -0.392. The number of carboxylic acid groups (broad SMARTS) is 1. The van der Waals surface area contributed by atoms with Crippen molar-refractivity contribution in [2.24, 2.45) is 7.05 Å². The van der Waals surface area contributed by atoms with Gasteiger partial charge in [0.25, 0.3) is 0 Å². The molecule has 1 N–H and O–H groups in total. The Hall–Kier alpha value is -2.03. The third-order valence-corrected chi connectivity index (χ3v) is 3.07. The number of carboxylic acids is 1. The highest BCUT2D eigenvalue weighted by Crippen LogP contribution is 2.28. The molecule has 0 aliphatic heterocycles. The minimum Gasteiger partial charge on any atom is -0.480 e. The van der Waals surface area contributed by atoms with Gasteiger partial charge in [0.2, 0.25) is 0 Å². The van der Waals surface area contributed by atoms with Crippen LogP contribution >= 0.6 is 0 Å². The van der Waals surface area contributed by atoms with Gasteiger partial charge < -0.3 is 10.0 Å². The SMILES string of the molecule is CCN(c1c(C#N)c(C)nn1C)C(C)(C)C(=O)O. The molecule has 6 heteroatoms. The van der Waals surface area contributed by atoms with E-state index in [1.54, 1.807) is 37.4 Å². The lowest BCUT2D eigenvalue weighted by atomic mass is 10.0. The Morgan fingerprint density at radius 1 is 1.61 bits per heavy atom. The van der Waals surface area contributed by atoms with Crippen LogP contribution in [-0.2, 0) is 11.8 Å². The van der Waals surface area contributed by atoms with E-state index in [9.17, 15) is 15.2 Å². The van der Waals surface area contributed by atoms with Gasteiger partial charge in [-0.1, -0.05) is 0 Å². The van der Waals surface area contributed by atoms with Crippen molar-refractivity contribution in [3.63, 3.8) is 0 Å². The normalized spacial score (nSPS) is 11.1. The molecule has 0 aliphatic rings. The van der Waals surface area contributed by atoms with E-state index in [2.05, 4.69) is 11.2 Å². The third-order valence-electron chi connectivity index (χ3n) is 3.07. The molecule has 1 aromatic heterocycles. The fourth-order valence-corrected chi connectivity index (χ4v) is 2.01. The Kier molecular flexibility index (Phi) is 3.65. The quantitative estimate of drug-likeness (QED) is 0.870. The number of nitrogens with zero attached hydrogens (tertiary/aromatic N) is 4. The van der Waals surface area contributed by atoms with Crippen LogP contribution in [0.25, 0.3) is 0 Å². The molecule has 1 heterocycles. The molecule has 0 radical (unpaired) electrons. The topological polar surface area (TPSA) is 82.2 Å². The fraction of sp³-hybridized carbons (Fsp3) is 0.583. The molecule has 0 aliphatic carbocycles. The standard InChI is InChI=1S/C12H18N4O2/c1-6-16(12(3,4)11(17)18)10-9(7-13)8(2)14-15(10)5/h6H2,1-5H3,(H,17,18). The average Bonchev–Trinajstić information content (AvgIpc) is 2.54. The summed E-state index contributed by atoms with van der Waals surface area (Å²) < 4.78 is 1.56. The number of rotatable bonds is 4. The third kappa shape index (κ3) is 2.04. The van der Waals surface area contributed by atoms with Crippen LogP contribution in [0.4, 0.5) is 5.82 Å². The highest BCUT2D eigenvalue weighted by molar-refractivity contribution is 5.83. The minimum absolute atomic E-state index is 0.425. The molecule has 18 heavy (non-hydrogen) atoms. The Morgan fingerprint density at radius 2 is 2.17 bits per heavy atom. The maximum absolute atomic E-state index is 11.4. The number of anilines is 1. The lowest BCUT2D eigenvalue weighted by Crippen LogP contribution is -2.51. The van der Waals surface area contributed by atoms with Crippen molar-refractivity contribution in [2.75, 3.05) is 11.4 Å². The van der Waals surface area contributed by atoms with Crippen LogP contribution in [0.2, 0.25) is 0 Å². The van der Waals surface area contributed by atoms with Gasteiger partial charge in [-0.15, -0.1) is 0 Å². The first kappa shape index (κ1) is 14.0. The van der Waals surface area contributed by atoms with Crippen molar-refractivity contribution in [3.8, 4) is 6.07 Å². The second-order valence-corrected chi connectivity index (χ2v) is 4.63. The molecule has 6 nitrogen and oxygen atoms in total. The zero-order valence-electron chi connectivity index (χ0n) is 11.4. The highest BCUT2D eigenvalue weighted by atomic mass is 16.4. The Bertz CT molecular complexity index is 511. The Balaban J connectivity index is 3.44. The van der Waals surface area contributed by atoms with E-state index in [1.165, 1.54) is 0 Å². The van der Waals surface area contributed by atoms with E-state index in [0.29, 0.717) is 23.6 Å². The number of hydrogen-bond donors (Lipinski definition) is 1. The van der Waals surface area contributed by atoms with E-state index in [4.69, 9.17) is 0 Å². The summed E-state index contributed by atoms with van der Waals surface area (Å²) in [5, 5.41) is 22.7. The molecule has 0 saturated heterocycles. The van der Waals surface area contributed by atoms with Crippen LogP contribution in [0.1, 0.15) is 32.0 Å². The lowest BCUT2D eigenvalue weighted by molar-refractivity contribution is -0.142. The maximum Gasteiger partial charge on any atom is 0.328 e. The average molecular weight is 250 g/mol. The van der Waals surface area contributed by atoms with E-state index < -0.39 is 11.5 Å². The summed E-state index contributed by atoms with van der Waals surface area (Å²) in [5.41, 5.74) is -0.0658. The van der Waals surface area contributed by atoms with Crippen LogP contribution in [0.3, 0.4) is 0 Å². The number of carbonyl (C=O) groups is 1. The number of aliphatic carboxylic acids is 1. The van der Waals surface area contributed by atoms with Crippen molar-refractivity contribution in [2.45, 2.75) is 33.2 Å². The molecule has 0 atom stereocenters. The van der Waals surface area contributed by atoms with E-state index in [0.717, 1.165) is 0 Å². The zero-order chi connectivity index (χ0) is 14.1. The number of likely N-dealkylation sites (N-methyl/N-ethyl adjacent to an activating group) is 1. The summed E-state index contributed by atoms with van der Waals surface area (Å²) in [6.45, 7) is 7.30. The molecule has 0 bridgehead atoms. The first-order valence-electron chi connectivity index (χ1n) is 5.72. The summed E-state index contributed by atoms with van der Waals surface area (Å²) >= 11 is 0. The lowest BCUT2D eigenvalue weighted by Gasteiger charge is -2.35. The minimum atomic E-state index is -1.10. The van der Waals surface area contributed by atoms with Crippen molar-refractivity contribution < 1.29 is 9.90 Å². The van der Waals surface area contributed by atoms with E-state index >= 15 is 0 Å². The second kappa shape index (κ2) is 4.69. The predicted octanol–water partition coefficient (Wildman–Crippen LogP) is 1.29. The number of aromatic nitrogens is 2. The van der Waals surface area contributed by atoms with Gasteiger partial charge in [0.15, 0.2) is 0 Å². The molecule has 98 valence electrons. The van der Waals surface area contributed by atoms with Gasteiger partial charge >= 0.3 is 5.97 Å². The van der Waals surface area contributed by atoms with Gasteiger partial charge in [-0.05, 0) is 27.7 Å². The van der Waals surface area contributed by atoms with E-state index in [1.807, 2.05) is 6.92 Å². The van der Waals surface area contributed by atoms with Gasteiger partial charge in [-0.2, -0.15) is 10.4 Å². The highest BCUT2D eigenvalue weighted by Gasteiger charge is 2.37. The Labute approximate surface area is 106 Å². The van der Waals surface area contributed by atoms with Crippen molar-refractivity contribution >= 4 is 11.8 Å². The van der Waals surface area contributed by atoms with Gasteiger partial charge in [-0.25, -0.2) is 4.79 Å². The van der Waals surface area contributed by atoms with Gasteiger partial charge in [0.05, 0.1) is 5.69 Å². The largest absolute Gasteiger partial charge is 0.480 e. The number of nitriles is 1. The molecule has 0 unspecified atom stereocenters. The van der Waals surface area contributed by atoms with Crippen molar-refractivity contribution in [1.82, 2.24) is 9.78 Å². The molecule has 0 amide bonds. The fourth-order valence-electron chi connectivity index (χ4n) is 2.01. The molecular weight excluding hydrogens is 232 g/mol. The van der Waals surface area contributed by atoms with Crippen molar-refractivity contribution in [3.05, 3.63) is 11.3 Å². The summed E-state index contributed by atoms with van der Waals surface area (Å²) in [6, 6.07) is 2.09. The number of aryl methyl sites for hydroxylation is 2. The molecule has 0 saturated carbocycles. The number of hydrogen-bond acceptors (Lipinski definition) is 4.